The summed E-state index contributed by atoms with van der Waals surface area (Å²) in [4.78, 5) is 0. The largest absolute Gasteiger partial charge is 0.710 e. The highest BCUT2D eigenvalue weighted by Crippen LogP contribution is 2.57. The zero-order valence-corrected chi connectivity index (χ0v) is 24.8. The van der Waals surface area contributed by atoms with Gasteiger partial charge in [0.25, 0.3) is 0 Å². The van der Waals surface area contributed by atoms with Crippen molar-refractivity contribution in [3.05, 3.63) is 70.8 Å². The van der Waals surface area contributed by atoms with Gasteiger partial charge in [-0.1, -0.05) is 80.4 Å². The van der Waals surface area contributed by atoms with E-state index in [9.17, 15) is 0 Å². The topological polar surface area (TPSA) is 28.0 Å². The normalized spacial score (nSPS) is 13.2. The first kappa shape index (κ1) is 29.2. The van der Waals surface area contributed by atoms with Crippen molar-refractivity contribution in [1.29, 1.82) is 0 Å². The molecular formula is C28H47BN3O2P. The van der Waals surface area contributed by atoms with Gasteiger partial charge in [0.2, 0.25) is 0 Å². The van der Waals surface area contributed by atoms with Crippen LogP contribution in [0.2, 0.25) is 19.0 Å². The highest BCUT2D eigenvalue weighted by molar-refractivity contribution is 7.54. The summed E-state index contributed by atoms with van der Waals surface area (Å²) < 4.78 is 21.0. The van der Waals surface area contributed by atoms with Crippen molar-refractivity contribution >= 4 is 25.4 Å². The summed E-state index contributed by atoms with van der Waals surface area (Å²) in [6.07, 6.45) is 1.90. The van der Waals surface area contributed by atoms with Gasteiger partial charge in [-0.2, -0.15) is 9.34 Å². The predicted molar refractivity (Wildman–Crippen MR) is 155 cm³/mol. The summed E-state index contributed by atoms with van der Waals surface area (Å²) in [5.74, 6) is 1.62. The Morgan fingerprint density at radius 2 is 1.09 bits per heavy atom. The Labute approximate surface area is 214 Å². The lowest BCUT2D eigenvalue weighted by molar-refractivity contribution is -0.455. The first-order valence-electron chi connectivity index (χ1n) is 12.8. The molecule has 2 rings (SSSR count). The maximum absolute atomic E-state index is 7.23. The molecule has 0 saturated heterocycles. The van der Waals surface area contributed by atoms with Gasteiger partial charge in [-0.15, -0.1) is 19.0 Å². The third-order valence-corrected chi connectivity index (χ3v) is 10.8. The number of rotatable bonds is 11. The Morgan fingerprint density at radius 1 is 0.714 bits per heavy atom. The molecule has 0 fully saturated rings. The summed E-state index contributed by atoms with van der Waals surface area (Å²) in [6, 6.07) is 17.2. The summed E-state index contributed by atoms with van der Waals surface area (Å²) in [5.41, 5.74) is 4.51. The van der Waals surface area contributed by atoms with Crippen molar-refractivity contribution in [2.75, 3.05) is 42.3 Å². The monoisotopic (exact) mass is 499 g/mol. The Bertz CT molecular complexity index is 1030. The third kappa shape index (κ3) is 6.41. The summed E-state index contributed by atoms with van der Waals surface area (Å²) >= 11 is 0. The van der Waals surface area contributed by atoms with Gasteiger partial charge in [-0.25, -0.2) is 4.33 Å². The van der Waals surface area contributed by atoms with E-state index in [1.54, 1.807) is 0 Å². The molecule has 194 valence electrons. The maximum atomic E-state index is 7.23. The molecule has 0 heterocycles. The molecule has 2 aromatic rings. The SMILES string of the molecule is CC[B-](CC)(CC)O/C(=C(/OP(N(C)C)(N(C)C)=[N+](C)C)c1ccc(C)cc1)c1ccc(C)cc1. The van der Waals surface area contributed by atoms with Crippen LogP contribution in [0.5, 0.6) is 0 Å². The van der Waals surface area contributed by atoms with Crippen molar-refractivity contribution < 1.29 is 13.5 Å². The minimum Gasteiger partial charge on any atom is -0.710 e. The van der Waals surface area contributed by atoms with Crippen LogP contribution in [0, 0.1) is 13.8 Å². The quantitative estimate of drug-likeness (QED) is 0.138. The Kier molecular flexibility index (Phi) is 10.3. The van der Waals surface area contributed by atoms with E-state index in [1.165, 1.54) is 11.1 Å². The number of hydrogen-bond donors (Lipinski definition) is 0. The molecule has 0 spiro atoms. The van der Waals surface area contributed by atoms with E-state index in [0.717, 1.165) is 41.6 Å². The number of nitrogens with zero attached hydrogens (tertiary/aromatic N) is 3. The van der Waals surface area contributed by atoms with E-state index in [1.807, 2.05) is 0 Å². The van der Waals surface area contributed by atoms with Crippen molar-refractivity contribution in [1.82, 2.24) is 9.34 Å². The van der Waals surface area contributed by atoms with E-state index >= 15 is 0 Å². The highest BCUT2D eigenvalue weighted by atomic mass is 31.2. The van der Waals surface area contributed by atoms with Crippen molar-refractivity contribution in [3.8, 4) is 0 Å². The molecule has 0 radical (unpaired) electrons. The van der Waals surface area contributed by atoms with Crippen LogP contribution in [-0.2, 0) is 9.18 Å². The van der Waals surface area contributed by atoms with Crippen LogP contribution in [-0.4, -0.2) is 62.3 Å². The third-order valence-electron chi connectivity index (χ3n) is 7.21. The van der Waals surface area contributed by atoms with Gasteiger partial charge in [-0.05, 0) is 42.0 Å². The molecular weight excluding hydrogens is 452 g/mol. The number of aryl methyl sites for hydroxylation is 2. The smallest absolute Gasteiger partial charge is 0.426 e. The molecule has 0 unspecified atom stereocenters. The Hall–Kier alpha value is -2.01. The molecule has 0 bridgehead atoms. The summed E-state index contributed by atoms with van der Waals surface area (Å²) in [7, 11) is 10.2. The average Bonchev–Trinajstić information content (AvgIpc) is 2.82. The van der Waals surface area contributed by atoms with E-state index in [4.69, 9.17) is 9.18 Å². The first-order chi connectivity index (χ1) is 16.5. The lowest BCUT2D eigenvalue weighted by atomic mass is 9.34. The van der Waals surface area contributed by atoms with Crippen LogP contribution in [0.15, 0.2) is 48.5 Å². The molecule has 7 heteroatoms. The number of benzene rings is 2. The zero-order chi connectivity index (χ0) is 26.4. The van der Waals surface area contributed by atoms with Crippen molar-refractivity contribution in [2.45, 2.75) is 53.6 Å². The van der Waals surface area contributed by atoms with Crippen molar-refractivity contribution in [2.24, 2.45) is 0 Å². The van der Waals surface area contributed by atoms with Crippen LogP contribution < -0.4 is 0 Å². The summed E-state index contributed by atoms with van der Waals surface area (Å²) in [6.45, 7) is 10.9. The van der Waals surface area contributed by atoms with Gasteiger partial charge in [0.05, 0.1) is 0 Å². The molecule has 0 N–H and O–H groups in total. The molecule has 5 nitrogen and oxygen atoms in total. The molecule has 0 aliphatic heterocycles. The molecule has 35 heavy (non-hydrogen) atoms. The van der Waals surface area contributed by atoms with Gasteiger partial charge in [0, 0.05) is 11.1 Å². The maximum Gasteiger partial charge on any atom is 0.426 e. The van der Waals surface area contributed by atoms with Crippen molar-refractivity contribution in [3.63, 3.8) is 0 Å². The Balaban J connectivity index is 3.00. The average molecular weight is 499 g/mol. The lowest BCUT2D eigenvalue weighted by Gasteiger charge is -2.42. The number of hydrogen-bond acceptors (Lipinski definition) is 2. The second-order valence-corrected chi connectivity index (χ2v) is 13.9. The van der Waals surface area contributed by atoms with Gasteiger partial charge < -0.3 is 9.18 Å². The molecule has 0 atom stereocenters. The van der Waals surface area contributed by atoms with E-state index in [0.29, 0.717) is 0 Å². The fourth-order valence-corrected chi connectivity index (χ4v) is 7.76. The second kappa shape index (κ2) is 12.3. The first-order valence-corrected chi connectivity index (χ1v) is 14.4. The zero-order valence-electron chi connectivity index (χ0n) is 23.9. The molecule has 0 aromatic heterocycles. The predicted octanol–water partition coefficient (Wildman–Crippen LogP) is 7.51. The minimum absolute atomic E-state index is 0.792. The fraction of sp³-hybridized carbons (Fsp3) is 0.500. The second-order valence-electron chi connectivity index (χ2n) is 10.2. The van der Waals surface area contributed by atoms with Crippen LogP contribution in [0.25, 0.3) is 11.5 Å². The van der Waals surface area contributed by atoms with Crippen LogP contribution in [0.4, 0.5) is 0 Å². The van der Waals surface area contributed by atoms with E-state index in [-0.39, 0.29) is 0 Å². The van der Waals surface area contributed by atoms with Gasteiger partial charge in [0.1, 0.15) is 19.9 Å². The van der Waals surface area contributed by atoms with Crippen LogP contribution >= 0.6 is 7.58 Å². The van der Waals surface area contributed by atoms with Crippen LogP contribution in [0.3, 0.4) is 0 Å². The molecule has 2 aromatic carbocycles. The van der Waals surface area contributed by atoms with Gasteiger partial charge in [0.15, 0.2) is 12.1 Å². The Morgan fingerprint density at radius 3 is 1.40 bits per heavy atom. The lowest BCUT2D eigenvalue weighted by Crippen LogP contribution is -2.35. The standard InChI is InChI=1S/C28H47BN3O2P/c1-12-29(13-2,14-3)33-27(25-19-15-23(4)16-20-25)28(26-21-17-24(5)18-22-26)34-35(30(6)7,31(8)9)32(10)11/h15-22H,12-14H2,1-11H3/b28-27+. The van der Waals surface area contributed by atoms with Gasteiger partial charge >= 0.3 is 7.58 Å². The van der Waals surface area contributed by atoms with Gasteiger partial charge in [-0.3, -0.25) is 0 Å². The summed E-state index contributed by atoms with van der Waals surface area (Å²) in [5, 5.41) is 0. The van der Waals surface area contributed by atoms with Crippen LogP contribution in [0.1, 0.15) is 43.0 Å². The highest BCUT2D eigenvalue weighted by Gasteiger charge is 2.40. The minimum atomic E-state index is -2.35. The van der Waals surface area contributed by atoms with E-state index < -0.39 is 13.9 Å². The molecule has 0 aliphatic carbocycles. The molecule has 0 saturated carbocycles. The fourth-order valence-electron chi connectivity index (χ4n) is 4.69. The molecule has 0 aliphatic rings. The molecule has 0 amide bonds. The van der Waals surface area contributed by atoms with E-state index in [2.05, 4.69) is 139 Å².